The number of ether oxygens (including phenoxy) is 1. The van der Waals surface area contributed by atoms with Crippen LogP contribution in [0.4, 0.5) is 9.52 Å². The van der Waals surface area contributed by atoms with E-state index in [1.807, 2.05) is 6.92 Å². The highest BCUT2D eigenvalue weighted by molar-refractivity contribution is 8.00. The minimum atomic E-state index is -0.945. The average molecular weight is 582 g/mol. The molecule has 1 aromatic heterocycles. The van der Waals surface area contributed by atoms with Crippen molar-refractivity contribution in [3.63, 3.8) is 0 Å². The SMILES string of the molecule is CCOc1ccc(C2/C(=C(/O)c3ccc(Cl)cc3)C(=O)C(=O)N2c2nnc(SCc3ccc(F)cc3)s2)cc1. The van der Waals surface area contributed by atoms with Crippen molar-refractivity contribution in [2.75, 3.05) is 11.5 Å². The Morgan fingerprint density at radius 1 is 1.05 bits per heavy atom. The molecule has 0 saturated carbocycles. The van der Waals surface area contributed by atoms with Gasteiger partial charge in [0.2, 0.25) is 5.13 Å². The van der Waals surface area contributed by atoms with Gasteiger partial charge in [-0.3, -0.25) is 14.5 Å². The van der Waals surface area contributed by atoms with Crippen LogP contribution in [0.15, 0.2) is 82.7 Å². The molecule has 1 N–H and O–H groups in total. The van der Waals surface area contributed by atoms with E-state index in [1.165, 1.54) is 28.8 Å². The molecule has 1 saturated heterocycles. The summed E-state index contributed by atoms with van der Waals surface area (Å²) in [5.74, 6) is -1.14. The topological polar surface area (TPSA) is 92.6 Å². The maximum absolute atomic E-state index is 13.4. The van der Waals surface area contributed by atoms with Gasteiger partial charge in [-0.15, -0.1) is 10.2 Å². The van der Waals surface area contributed by atoms with Gasteiger partial charge in [-0.05, 0) is 66.6 Å². The number of halogens is 2. The maximum atomic E-state index is 13.4. The van der Waals surface area contributed by atoms with Gasteiger partial charge in [-0.25, -0.2) is 4.39 Å². The third kappa shape index (κ3) is 5.68. The molecule has 1 aliphatic rings. The van der Waals surface area contributed by atoms with Gasteiger partial charge in [-0.1, -0.05) is 59.0 Å². The van der Waals surface area contributed by atoms with Crippen molar-refractivity contribution in [1.82, 2.24) is 10.2 Å². The van der Waals surface area contributed by atoms with Crippen molar-refractivity contribution in [3.05, 3.63) is 106 Å². The Labute approximate surface area is 236 Å². The first-order valence-electron chi connectivity index (χ1n) is 11.9. The van der Waals surface area contributed by atoms with Crippen LogP contribution in [0.25, 0.3) is 5.76 Å². The highest BCUT2D eigenvalue weighted by atomic mass is 35.5. The first kappa shape index (κ1) is 26.9. The Hall–Kier alpha value is -3.73. The van der Waals surface area contributed by atoms with Crippen molar-refractivity contribution >= 4 is 57.3 Å². The molecule has 5 rings (SSSR count). The van der Waals surface area contributed by atoms with Gasteiger partial charge in [0.05, 0.1) is 18.2 Å². The number of hydrogen-bond donors (Lipinski definition) is 1. The fourth-order valence-electron chi connectivity index (χ4n) is 4.11. The van der Waals surface area contributed by atoms with Gasteiger partial charge < -0.3 is 9.84 Å². The fourth-order valence-corrected chi connectivity index (χ4v) is 6.05. The third-order valence-electron chi connectivity index (χ3n) is 5.95. The number of thioether (sulfide) groups is 1. The fraction of sp³-hybridized carbons (Fsp3) is 0.143. The number of nitrogens with zero attached hydrogens (tertiary/aromatic N) is 3. The Balaban J connectivity index is 1.52. The van der Waals surface area contributed by atoms with Crippen molar-refractivity contribution in [1.29, 1.82) is 0 Å². The summed E-state index contributed by atoms with van der Waals surface area (Å²) >= 11 is 8.53. The van der Waals surface area contributed by atoms with Crippen LogP contribution in [-0.4, -0.2) is 33.6 Å². The lowest BCUT2D eigenvalue weighted by molar-refractivity contribution is -0.132. The second-order valence-electron chi connectivity index (χ2n) is 8.44. The number of aromatic nitrogens is 2. The number of ketones is 1. The van der Waals surface area contributed by atoms with Crippen LogP contribution in [-0.2, 0) is 15.3 Å². The maximum Gasteiger partial charge on any atom is 0.301 e. The zero-order valence-corrected chi connectivity index (χ0v) is 22.9. The minimum Gasteiger partial charge on any atom is -0.507 e. The van der Waals surface area contributed by atoms with Gasteiger partial charge in [0.15, 0.2) is 4.34 Å². The van der Waals surface area contributed by atoms with Gasteiger partial charge >= 0.3 is 5.91 Å². The van der Waals surface area contributed by atoms with Crippen molar-refractivity contribution in [2.45, 2.75) is 23.1 Å². The zero-order chi connectivity index (χ0) is 27.5. The number of hydrogen-bond acceptors (Lipinski definition) is 8. The highest BCUT2D eigenvalue weighted by Gasteiger charge is 2.48. The molecule has 0 bridgehead atoms. The summed E-state index contributed by atoms with van der Waals surface area (Å²) in [5, 5.41) is 20.3. The van der Waals surface area contributed by atoms with Crippen LogP contribution < -0.4 is 9.64 Å². The van der Waals surface area contributed by atoms with Crippen LogP contribution >= 0.6 is 34.7 Å². The standard InChI is InChI=1S/C28H21ClFN3O4S2/c1-2-37-21-13-7-17(8-14-21)23-22(24(34)18-5-9-19(29)10-6-18)25(35)26(36)33(23)27-31-32-28(39-27)38-15-16-3-11-20(30)12-4-16/h3-14,23,34H,2,15H2,1H3/b24-22-. The van der Waals surface area contributed by atoms with E-state index in [4.69, 9.17) is 16.3 Å². The highest BCUT2D eigenvalue weighted by Crippen LogP contribution is 2.44. The molecule has 0 radical (unpaired) electrons. The Morgan fingerprint density at radius 2 is 1.74 bits per heavy atom. The number of carbonyl (C=O) groups is 2. The van der Waals surface area contributed by atoms with Crippen molar-refractivity contribution < 1.29 is 23.8 Å². The number of aliphatic hydroxyl groups is 1. The number of amides is 1. The summed E-state index contributed by atoms with van der Waals surface area (Å²) in [6, 6.07) is 18.5. The Morgan fingerprint density at radius 3 is 2.41 bits per heavy atom. The predicted octanol–water partition coefficient (Wildman–Crippen LogP) is 6.65. The second-order valence-corrected chi connectivity index (χ2v) is 11.1. The smallest absolute Gasteiger partial charge is 0.301 e. The summed E-state index contributed by atoms with van der Waals surface area (Å²) < 4.78 is 19.3. The zero-order valence-electron chi connectivity index (χ0n) is 20.5. The number of benzene rings is 3. The van der Waals surface area contributed by atoms with Crippen LogP contribution in [0, 0.1) is 5.82 Å². The molecule has 1 atom stereocenters. The van der Waals surface area contributed by atoms with Gasteiger partial charge in [0.1, 0.15) is 17.3 Å². The summed E-state index contributed by atoms with van der Waals surface area (Å²) in [6.45, 7) is 2.35. The molecule has 0 spiro atoms. The van der Waals surface area contributed by atoms with E-state index >= 15 is 0 Å². The van der Waals surface area contributed by atoms with Gasteiger partial charge in [-0.2, -0.15) is 0 Å². The lowest BCUT2D eigenvalue weighted by Crippen LogP contribution is -2.29. The van der Waals surface area contributed by atoms with E-state index in [0.717, 1.165) is 16.9 Å². The molecule has 4 aromatic rings. The number of anilines is 1. The molecule has 7 nitrogen and oxygen atoms in total. The molecule has 2 heterocycles. The number of carbonyl (C=O) groups excluding carboxylic acids is 2. The van der Waals surface area contributed by atoms with E-state index in [-0.39, 0.29) is 22.3 Å². The minimum absolute atomic E-state index is 0.0674. The molecule has 1 fully saturated rings. The van der Waals surface area contributed by atoms with Crippen LogP contribution in [0.5, 0.6) is 5.75 Å². The first-order chi connectivity index (χ1) is 18.9. The second kappa shape index (κ2) is 11.6. The quantitative estimate of drug-likeness (QED) is 0.0819. The number of aliphatic hydroxyl groups excluding tert-OH is 1. The molecule has 0 aliphatic carbocycles. The summed E-state index contributed by atoms with van der Waals surface area (Å²) in [7, 11) is 0. The third-order valence-corrected chi connectivity index (χ3v) is 8.33. The van der Waals surface area contributed by atoms with Crippen LogP contribution in [0.2, 0.25) is 5.02 Å². The Kier molecular flexibility index (Phi) is 7.97. The molecule has 1 unspecified atom stereocenters. The molecule has 3 aromatic carbocycles. The average Bonchev–Trinajstić information content (AvgIpc) is 3.51. The normalized spacial score (nSPS) is 16.6. The lowest BCUT2D eigenvalue weighted by Gasteiger charge is -2.22. The van der Waals surface area contributed by atoms with Crippen molar-refractivity contribution in [2.24, 2.45) is 0 Å². The van der Waals surface area contributed by atoms with E-state index in [2.05, 4.69) is 10.2 Å². The molecule has 1 aliphatic heterocycles. The molecule has 1 amide bonds. The summed E-state index contributed by atoms with van der Waals surface area (Å²) in [4.78, 5) is 28.0. The number of Topliss-reactive ketones (excluding diaryl/α,β-unsaturated/α-hetero) is 1. The van der Waals surface area contributed by atoms with Crippen LogP contribution in [0.3, 0.4) is 0 Å². The predicted molar refractivity (Wildman–Crippen MR) is 150 cm³/mol. The van der Waals surface area contributed by atoms with Crippen molar-refractivity contribution in [3.8, 4) is 5.75 Å². The van der Waals surface area contributed by atoms with Gasteiger partial charge in [0, 0.05) is 16.3 Å². The van der Waals surface area contributed by atoms with E-state index in [0.29, 0.717) is 38.6 Å². The molecule has 11 heteroatoms. The number of rotatable bonds is 8. The molecular weight excluding hydrogens is 561 g/mol. The van der Waals surface area contributed by atoms with E-state index in [9.17, 15) is 19.1 Å². The first-order valence-corrected chi connectivity index (χ1v) is 14.0. The largest absolute Gasteiger partial charge is 0.507 e. The van der Waals surface area contributed by atoms with E-state index in [1.54, 1.807) is 60.7 Å². The lowest BCUT2D eigenvalue weighted by atomic mass is 9.95. The van der Waals surface area contributed by atoms with Gasteiger partial charge in [0.25, 0.3) is 5.78 Å². The van der Waals surface area contributed by atoms with E-state index < -0.39 is 17.7 Å². The van der Waals surface area contributed by atoms with Crippen LogP contribution in [0.1, 0.15) is 29.7 Å². The monoisotopic (exact) mass is 581 g/mol. The summed E-state index contributed by atoms with van der Waals surface area (Å²) in [6.07, 6.45) is 0. The summed E-state index contributed by atoms with van der Waals surface area (Å²) in [5.41, 5.74) is 1.77. The molecular formula is C28H21ClFN3O4S2. The molecule has 39 heavy (non-hydrogen) atoms. The Bertz CT molecular complexity index is 1540. The molecule has 198 valence electrons.